The molecule has 0 fully saturated rings. The van der Waals surface area contributed by atoms with Gasteiger partial charge in [-0.05, 0) is 57.9 Å². The van der Waals surface area contributed by atoms with Gasteiger partial charge in [0.15, 0.2) is 12.4 Å². The Morgan fingerprint density at radius 3 is 2.62 bits per heavy atom. The van der Waals surface area contributed by atoms with E-state index in [-0.39, 0.29) is 18.1 Å². The molecule has 0 N–H and O–H groups in total. The standard InChI is InChI=1S/C17H11BrN2O4/c18-15-7-1-12(11-16(15)20(22)23)2-8-17(21)13-3-5-14(6-4-13)24-10-9-19/h1-8,11H,10H2/b8-2+. The Kier molecular flexibility index (Phi) is 5.82. The van der Waals surface area contributed by atoms with Crippen LogP contribution in [0.1, 0.15) is 15.9 Å². The van der Waals surface area contributed by atoms with E-state index in [2.05, 4.69) is 15.9 Å². The molecule has 0 bridgehead atoms. The van der Waals surface area contributed by atoms with Gasteiger partial charge in [-0.25, -0.2) is 0 Å². The molecule has 2 aromatic rings. The first-order chi connectivity index (χ1) is 11.5. The number of carbonyl (C=O) groups excluding carboxylic acids is 1. The molecular weight excluding hydrogens is 376 g/mol. The van der Waals surface area contributed by atoms with E-state index in [1.54, 1.807) is 36.4 Å². The molecule has 6 nitrogen and oxygen atoms in total. The van der Waals surface area contributed by atoms with E-state index in [1.807, 2.05) is 6.07 Å². The summed E-state index contributed by atoms with van der Waals surface area (Å²) in [6.45, 7) is -0.0600. The summed E-state index contributed by atoms with van der Waals surface area (Å²) < 4.78 is 5.49. The molecule has 0 radical (unpaired) electrons. The lowest BCUT2D eigenvalue weighted by atomic mass is 10.1. The van der Waals surface area contributed by atoms with Crippen molar-refractivity contribution < 1.29 is 14.5 Å². The summed E-state index contributed by atoms with van der Waals surface area (Å²) in [6, 6.07) is 12.8. The van der Waals surface area contributed by atoms with Gasteiger partial charge in [-0.3, -0.25) is 14.9 Å². The second-order valence-electron chi connectivity index (χ2n) is 4.64. The molecule has 0 heterocycles. The Morgan fingerprint density at radius 1 is 1.29 bits per heavy atom. The van der Waals surface area contributed by atoms with E-state index in [1.165, 1.54) is 18.2 Å². The van der Waals surface area contributed by atoms with Crippen LogP contribution in [-0.2, 0) is 0 Å². The normalized spacial score (nSPS) is 10.3. The predicted octanol–water partition coefficient (Wildman–Crippen LogP) is 4.16. The number of nitrogens with zero attached hydrogens (tertiary/aromatic N) is 2. The molecular formula is C17H11BrN2O4. The quantitative estimate of drug-likeness (QED) is 0.321. The Balaban J connectivity index is 2.11. The summed E-state index contributed by atoms with van der Waals surface area (Å²) in [6.07, 6.45) is 2.86. The Morgan fingerprint density at radius 2 is 2.00 bits per heavy atom. The summed E-state index contributed by atoms with van der Waals surface area (Å²) in [5.41, 5.74) is 0.929. The predicted molar refractivity (Wildman–Crippen MR) is 91.7 cm³/mol. The van der Waals surface area contributed by atoms with E-state index in [0.717, 1.165) is 0 Å². The van der Waals surface area contributed by atoms with Gasteiger partial charge in [0.2, 0.25) is 0 Å². The summed E-state index contributed by atoms with van der Waals surface area (Å²) in [5.74, 6) is 0.257. The van der Waals surface area contributed by atoms with Crippen LogP contribution >= 0.6 is 15.9 Å². The maximum atomic E-state index is 12.1. The van der Waals surface area contributed by atoms with Gasteiger partial charge >= 0.3 is 0 Å². The number of benzene rings is 2. The second kappa shape index (κ2) is 8.04. The van der Waals surface area contributed by atoms with Crippen LogP contribution in [0, 0.1) is 21.4 Å². The molecule has 7 heteroatoms. The summed E-state index contributed by atoms with van der Waals surface area (Å²) in [4.78, 5) is 22.5. The molecule has 0 saturated carbocycles. The number of carbonyl (C=O) groups is 1. The highest BCUT2D eigenvalue weighted by Crippen LogP contribution is 2.26. The highest BCUT2D eigenvalue weighted by molar-refractivity contribution is 9.10. The average molecular weight is 387 g/mol. The Hall–Kier alpha value is -2.98. The molecule has 0 aliphatic rings. The largest absolute Gasteiger partial charge is 0.479 e. The molecule has 0 aromatic heterocycles. The minimum Gasteiger partial charge on any atom is -0.479 e. The van der Waals surface area contributed by atoms with E-state index in [4.69, 9.17) is 10.00 Å². The molecule has 0 amide bonds. The molecule has 0 atom stereocenters. The maximum Gasteiger partial charge on any atom is 0.284 e. The number of hydrogen-bond donors (Lipinski definition) is 0. The fraction of sp³-hybridized carbons (Fsp3) is 0.0588. The molecule has 0 aliphatic heterocycles. The van der Waals surface area contributed by atoms with Gasteiger partial charge in [0.1, 0.15) is 11.8 Å². The number of halogens is 1. The van der Waals surface area contributed by atoms with Crippen LogP contribution in [0.25, 0.3) is 6.08 Å². The van der Waals surface area contributed by atoms with Gasteiger partial charge in [-0.15, -0.1) is 0 Å². The van der Waals surface area contributed by atoms with Gasteiger partial charge in [0.05, 0.1) is 9.40 Å². The lowest BCUT2D eigenvalue weighted by molar-refractivity contribution is -0.385. The van der Waals surface area contributed by atoms with E-state index in [0.29, 0.717) is 21.3 Å². The SMILES string of the molecule is N#CCOc1ccc(C(=O)/C=C/c2ccc(Br)c([N+](=O)[O-])c2)cc1. The monoisotopic (exact) mass is 386 g/mol. The summed E-state index contributed by atoms with van der Waals surface area (Å²) >= 11 is 3.11. The maximum absolute atomic E-state index is 12.1. The molecule has 0 spiro atoms. The average Bonchev–Trinajstić information content (AvgIpc) is 2.59. The van der Waals surface area contributed by atoms with E-state index in [9.17, 15) is 14.9 Å². The van der Waals surface area contributed by atoms with Crippen molar-refractivity contribution in [3.8, 4) is 11.8 Å². The molecule has 0 saturated heterocycles. The van der Waals surface area contributed by atoms with Crippen molar-refractivity contribution in [2.75, 3.05) is 6.61 Å². The van der Waals surface area contributed by atoms with Gasteiger partial charge in [-0.1, -0.05) is 12.1 Å². The van der Waals surface area contributed by atoms with Crippen molar-refractivity contribution in [1.29, 1.82) is 5.26 Å². The van der Waals surface area contributed by atoms with Crippen LogP contribution in [0.2, 0.25) is 0 Å². The van der Waals surface area contributed by atoms with Gasteiger partial charge < -0.3 is 4.74 Å². The first kappa shape index (κ1) is 17.4. The first-order valence-corrected chi connectivity index (χ1v) is 7.56. The summed E-state index contributed by atoms with van der Waals surface area (Å²) in [5, 5.41) is 19.3. The van der Waals surface area contributed by atoms with Crippen molar-refractivity contribution in [1.82, 2.24) is 0 Å². The van der Waals surface area contributed by atoms with Crippen molar-refractivity contribution in [3.63, 3.8) is 0 Å². The zero-order valence-electron chi connectivity index (χ0n) is 12.3. The highest BCUT2D eigenvalue weighted by Gasteiger charge is 2.11. The number of nitro benzene ring substituents is 1. The molecule has 24 heavy (non-hydrogen) atoms. The Bertz CT molecular complexity index is 839. The minimum atomic E-state index is -0.497. The highest BCUT2D eigenvalue weighted by atomic mass is 79.9. The van der Waals surface area contributed by atoms with Crippen molar-refractivity contribution >= 4 is 33.5 Å². The molecule has 2 aromatic carbocycles. The zero-order chi connectivity index (χ0) is 17.5. The third-order valence-electron chi connectivity index (χ3n) is 3.04. The van der Waals surface area contributed by atoms with Crippen LogP contribution in [0.4, 0.5) is 5.69 Å². The first-order valence-electron chi connectivity index (χ1n) is 6.77. The third kappa shape index (κ3) is 4.51. The van der Waals surface area contributed by atoms with Crippen LogP contribution in [0.15, 0.2) is 53.0 Å². The number of nitriles is 1. The second-order valence-corrected chi connectivity index (χ2v) is 5.49. The molecule has 2 rings (SSSR count). The number of rotatable bonds is 6. The molecule has 0 unspecified atom stereocenters. The van der Waals surface area contributed by atoms with Gasteiger partial charge in [0, 0.05) is 11.6 Å². The number of hydrogen-bond acceptors (Lipinski definition) is 5. The number of nitro groups is 1. The topological polar surface area (TPSA) is 93.2 Å². The van der Waals surface area contributed by atoms with E-state index >= 15 is 0 Å². The number of allylic oxidation sites excluding steroid dienone is 1. The van der Waals surface area contributed by atoms with Crippen LogP contribution in [-0.4, -0.2) is 17.3 Å². The fourth-order valence-electron chi connectivity index (χ4n) is 1.87. The fourth-order valence-corrected chi connectivity index (χ4v) is 2.26. The third-order valence-corrected chi connectivity index (χ3v) is 3.71. The van der Waals surface area contributed by atoms with Crippen molar-refractivity contribution in [2.24, 2.45) is 0 Å². The van der Waals surface area contributed by atoms with Crippen LogP contribution < -0.4 is 4.74 Å². The molecule has 0 aliphatic carbocycles. The van der Waals surface area contributed by atoms with Crippen LogP contribution in [0.5, 0.6) is 5.75 Å². The van der Waals surface area contributed by atoms with Crippen molar-refractivity contribution in [2.45, 2.75) is 0 Å². The molecule has 120 valence electrons. The lowest BCUT2D eigenvalue weighted by Crippen LogP contribution is -1.96. The number of ether oxygens (including phenoxy) is 1. The lowest BCUT2D eigenvalue weighted by Gasteiger charge is -2.02. The zero-order valence-corrected chi connectivity index (χ0v) is 13.9. The van der Waals surface area contributed by atoms with Crippen LogP contribution in [0.3, 0.4) is 0 Å². The van der Waals surface area contributed by atoms with Gasteiger partial charge in [-0.2, -0.15) is 5.26 Å². The van der Waals surface area contributed by atoms with E-state index < -0.39 is 4.92 Å². The summed E-state index contributed by atoms with van der Waals surface area (Å²) in [7, 11) is 0. The number of ketones is 1. The van der Waals surface area contributed by atoms with Crippen molar-refractivity contribution in [3.05, 3.63) is 74.3 Å². The smallest absolute Gasteiger partial charge is 0.284 e. The van der Waals surface area contributed by atoms with Gasteiger partial charge in [0.25, 0.3) is 5.69 Å². The minimum absolute atomic E-state index is 0.0600. The Labute approximate surface area is 146 Å².